The quantitative estimate of drug-likeness (QED) is 0.807. The normalized spacial score (nSPS) is 14.4. The molecule has 0 aromatic heterocycles. The van der Waals surface area contributed by atoms with Gasteiger partial charge in [0.1, 0.15) is 5.75 Å². The molecule has 1 heterocycles. The number of benzene rings is 2. The van der Waals surface area contributed by atoms with E-state index >= 15 is 0 Å². The Morgan fingerprint density at radius 1 is 1.04 bits per heavy atom. The van der Waals surface area contributed by atoms with Crippen molar-refractivity contribution < 1.29 is 19.1 Å². The Hall–Kier alpha value is -3.15. The Morgan fingerprint density at radius 3 is 2.43 bits per heavy atom. The molecule has 146 valence electrons. The van der Waals surface area contributed by atoms with Crippen LogP contribution in [-0.4, -0.2) is 42.7 Å². The molecule has 6 nitrogen and oxygen atoms in total. The number of Topliss-reactive ketones (excluding diaryl/α,β-unsaturated/α-hetero) is 1. The highest BCUT2D eigenvalue weighted by molar-refractivity contribution is 5.98. The molecule has 0 atom stereocenters. The van der Waals surface area contributed by atoms with E-state index in [0.717, 1.165) is 0 Å². The fourth-order valence-electron chi connectivity index (χ4n) is 3.40. The van der Waals surface area contributed by atoms with E-state index in [2.05, 4.69) is 5.32 Å². The summed E-state index contributed by atoms with van der Waals surface area (Å²) in [5.41, 5.74) is 1.72. The molecule has 2 amide bonds. The largest absolute Gasteiger partial charge is 0.496 e. The second kappa shape index (κ2) is 8.69. The first-order chi connectivity index (χ1) is 13.5. The fourth-order valence-corrected chi connectivity index (χ4v) is 3.40. The van der Waals surface area contributed by atoms with Gasteiger partial charge in [0, 0.05) is 30.3 Å². The highest BCUT2D eigenvalue weighted by Crippen LogP contribution is 2.24. The topological polar surface area (TPSA) is 75.7 Å². The molecule has 0 unspecified atom stereocenters. The predicted molar refractivity (Wildman–Crippen MR) is 107 cm³/mol. The lowest BCUT2D eigenvalue weighted by Gasteiger charge is -2.31. The van der Waals surface area contributed by atoms with Crippen LogP contribution in [0.15, 0.2) is 48.5 Å². The van der Waals surface area contributed by atoms with Crippen LogP contribution >= 0.6 is 0 Å². The van der Waals surface area contributed by atoms with Crippen LogP contribution in [0.1, 0.15) is 40.5 Å². The number of likely N-dealkylation sites (tertiary alicyclic amines) is 1. The number of ketones is 1. The molecule has 0 aliphatic carbocycles. The van der Waals surface area contributed by atoms with Gasteiger partial charge in [-0.3, -0.25) is 14.4 Å². The number of nitrogens with one attached hydrogen (secondary N) is 1. The number of anilines is 1. The molecule has 2 aromatic rings. The van der Waals surface area contributed by atoms with E-state index in [9.17, 15) is 14.4 Å². The van der Waals surface area contributed by atoms with Crippen LogP contribution in [0.2, 0.25) is 0 Å². The zero-order valence-electron chi connectivity index (χ0n) is 16.1. The Bertz CT molecular complexity index is 886. The smallest absolute Gasteiger partial charge is 0.257 e. The van der Waals surface area contributed by atoms with Crippen molar-refractivity contribution >= 4 is 23.3 Å². The highest BCUT2D eigenvalue weighted by atomic mass is 16.5. The number of ether oxygens (including phenoxy) is 1. The number of methoxy groups -OCH3 is 1. The Morgan fingerprint density at radius 2 is 1.75 bits per heavy atom. The molecule has 1 fully saturated rings. The van der Waals surface area contributed by atoms with Crippen molar-refractivity contribution in [3.63, 3.8) is 0 Å². The van der Waals surface area contributed by atoms with Gasteiger partial charge in [0.2, 0.25) is 5.91 Å². The summed E-state index contributed by atoms with van der Waals surface area (Å²) in [5, 5.41) is 2.89. The average Bonchev–Trinajstić information content (AvgIpc) is 2.73. The third kappa shape index (κ3) is 4.39. The van der Waals surface area contributed by atoms with Gasteiger partial charge in [0.25, 0.3) is 5.91 Å². The van der Waals surface area contributed by atoms with Crippen LogP contribution < -0.4 is 10.1 Å². The Kier molecular flexibility index (Phi) is 6.09. The van der Waals surface area contributed by atoms with Gasteiger partial charge in [-0.25, -0.2) is 0 Å². The van der Waals surface area contributed by atoms with E-state index in [4.69, 9.17) is 4.74 Å². The van der Waals surface area contributed by atoms with Crippen molar-refractivity contribution in [2.45, 2.75) is 19.8 Å². The van der Waals surface area contributed by atoms with Crippen LogP contribution in [0.25, 0.3) is 0 Å². The molecule has 28 heavy (non-hydrogen) atoms. The minimum absolute atomic E-state index is 0.0424. The first-order valence-electron chi connectivity index (χ1n) is 9.33. The maximum absolute atomic E-state index is 12.8. The fraction of sp³-hybridized carbons (Fsp3) is 0.318. The Labute approximate surface area is 164 Å². The highest BCUT2D eigenvalue weighted by Gasteiger charge is 2.29. The molecular formula is C22H24N2O4. The lowest BCUT2D eigenvalue weighted by molar-refractivity contribution is -0.121. The number of rotatable bonds is 5. The second-order valence-electron chi connectivity index (χ2n) is 6.89. The molecule has 1 aliphatic heterocycles. The number of hydrogen-bond donors (Lipinski definition) is 1. The number of para-hydroxylation sites is 1. The lowest BCUT2D eigenvalue weighted by Crippen LogP contribution is -2.41. The van der Waals surface area contributed by atoms with Crippen LogP contribution in [0.4, 0.5) is 5.69 Å². The van der Waals surface area contributed by atoms with Crippen LogP contribution in [0, 0.1) is 5.92 Å². The third-order valence-corrected chi connectivity index (χ3v) is 5.03. The first-order valence-corrected chi connectivity index (χ1v) is 9.33. The molecule has 1 N–H and O–H groups in total. The number of carbonyl (C=O) groups is 3. The molecule has 3 rings (SSSR count). The summed E-state index contributed by atoms with van der Waals surface area (Å²) in [6.45, 7) is 2.53. The summed E-state index contributed by atoms with van der Waals surface area (Å²) in [7, 11) is 1.55. The van der Waals surface area contributed by atoms with Gasteiger partial charge >= 0.3 is 0 Å². The Balaban J connectivity index is 1.59. The average molecular weight is 380 g/mol. The monoisotopic (exact) mass is 380 g/mol. The van der Waals surface area contributed by atoms with Crippen molar-refractivity contribution in [1.29, 1.82) is 0 Å². The van der Waals surface area contributed by atoms with Gasteiger partial charge in [0.15, 0.2) is 5.78 Å². The number of amides is 2. The van der Waals surface area contributed by atoms with E-state index in [-0.39, 0.29) is 23.5 Å². The molecule has 0 bridgehead atoms. The summed E-state index contributed by atoms with van der Waals surface area (Å²) in [4.78, 5) is 38.6. The van der Waals surface area contributed by atoms with Crippen molar-refractivity contribution in [3.05, 3.63) is 59.7 Å². The molecule has 2 aromatic carbocycles. The molecule has 0 radical (unpaired) electrons. The number of nitrogens with zero attached hydrogens (tertiary/aromatic N) is 1. The van der Waals surface area contributed by atoms with Crippen LogP contribution in [0.5, 0.6) is 5.75 Å². The van der Waals surface area contributed by atoms with Crippen LogP contribution in [0.3, 0.4) is 0 Å². The first kappa shape index (κ1) is 19.6. The molecule has 6 heteroatoms. The van der Waals surface area contributed by atoms with Crippen molar-refractivity contribution in [2.24, 2.45) is 5.92 Å². The minimum Gasteiger partial charge on any atom is -0.496 e. The van der Waals surface area contributed by atoms with Crippen molar-refractivity contribution in [2.75, 3.05) is 25.5 Å². The summed E-state index contributed by atoms with van der Waals surface area (Å²) in [6, 6.07) is 14.1. The van der Waals surface area contributed by atoms with Gasteiger partial charge in [-0.1, -0.05) is 24.3 Å². The number of carbonyl (C=O) groups excluding carboxylic acids is 3. The standard InChI is InChI=1S/C22H24N2O4/c1-15(25)17-6-5-7-18(14-17)23-21(26)16-10-12-24(13-11-16)22(27)19-8-3-4-9-20(19)28-2/h3-9,14,16H,10-13H2,1-2H3,(H,23,26). The zero-order chi connectivity index (χ0) is 20.1. The van der Waals surface area contributed by atoms with E-state index < -0.39 is 0 Å². The molecule has 0 spiro atoms. The van der Waals surface area contributed by atoms with Crippen molar-refractivity contribution in [3.8, 4) is 5.75 Å². The molecule has 1 aliphatic rings. The SMILES string of the molecule is COc1ccccc1C(=O)N1CCC(C(=O)Nc2cccc(C(C)=O)c2)CC1. The lowest BCUT2D eigenvalue weighted by atomic mass is 9.95. The van der Waals surface area contributed by atoms with Crippen molar-refractivity contribution in [1.82, 2.24) is 4.90 Å². The summed E-state index contributed by atoms with van der Waals surface area (Å²) < 4.78 is 5.27. The third-order valence-electron chi connectivity index (χ3n) is 5.03. The number of piperidine rings is 1. The van der Waals surface area contributed by atoms with Gasteiger partial charge in [-0.2, -0.15) is 0 Å². The molecule has 0 saturated carbocycles. The summed E-state index contributed by atoms with van der Waals surface area (Å²) in [6.07, 6.45) is 1.19. The van der Waals surface area contributed by atoms with E-state index in [1.54, 1.807) is 48.4 Å². The molecular weight excluding hydrogens is 356 g/mol. The van der Waals surface area contributed by atoms with Gasteiger partial charge in [-0.15, -0.1) is 0 Å². The maximum atomic E-state index is 12.8. The number of hydrogen-bond acceptors (Lipinski definition) is 4. The van der Waals surface area contributed by atoms with E-state index in [0.29, 0.717) is 48.5 Å². The summed E-state index contributed by atoms with van der Waals surface area (Å²) in [5.74, 6) is 0.190. The second-order valence-corrected chi connectivity index (χ2v) is 6.89. The maximum Gasteiger partial charge on any atom is 0.257 e. The van der Waals surface area contributed by atoms with Gasteiger partial charge in [0.05, 0.1) is 12.7 Å². The van der Waals surface area contributed by atoms with Gasteiger partial charge < -0.3 is 15.0 Å². The van der Waals surface area contributed by atoms with Gasteiger partial charge in [-0.05, 0) is 44.0 Å². The minimum atomic E-state index is -0.164. The van der Waals surface area contributed by atoms with E-state index in [1.807, 2.05) is 12.1 Å². The van der Waals surface area contributed by atoms with Crippen LogP contribution in [-0.2, 0) is 4.79 Å². The summed E-state index contributed by atoms with van der Waals surface area (Å²) >= 11 is 0. The predicted octanol–water partition coefficient (Wildman–Crippen LogP) is 3.39. The zero-order valence-corrected chi connectivity index (χ0v) is 16.1. The van der Waals surface area contributed by atoms with E-state index in [1.165, 1.54) is 6.92 Å². The molecule has 1 saturated heterocycles.